The minimum absolute atomic E-state index is 0.142. The lowest BCUT2D eigenvalue weighted by Gasteiger charge is -2.23. The molecule has 2 heterocycles. The van der Waals surface area contributed by atoms with Crippen molar-refractivity contribution in [2.45, 2.75) is 57.5 Å². The maximum atomic E-state index is 15.3. The van der Waals surface area contributed by atoms with E-state index in [0.29, 0.717) is 30.5 Å². The van der Waals surface area contributed by atoms with E-state index in [4.69, 9.17) is 0 Å². The summed E-state index contributed by atoms with van der Waals surface area (Å²) in [5.74, 6) is -2.74. The summed E-state index contributed by atoms with van der Waals surface area (Å²) < 4.78 is 42.2. The number of halogens is 3. The van der Waals surface area contributed by atoms with Gasteiger partial charge >= 0.3 is 0 Å². The van der Waals surface area contributed by atoms with Gasteiger partial charge in [-0.2, -0.15) is 0 Å². The van der Waals surface area contributed by atoms with Gasteiger partial charge in [-0.1, -0.05) is 25.7 Å². The first-order valence-corrected chi connectivity index (χ1v) is 11.6. The molecule has 0 radical (unpaired) electrons. The van der Waals surface area contributed by atoms with Crippen molar-refractivity contribution in [1.82, 2.24) is 25.2 Å². The summed E-state index contributed by atoms with van der Waals surface area (Å²) in [6.45, 7) is 0.299. The third-order valence-corrected chi connectivity index (χ3v) is 6.73. The quantitative estimate of drug-likeness (QED) is 0.281. The molecule has 1 aliphatic carbocycles. The Morgan fingerprint density at radius 2 is 1.97 bits per heavy atom. The fourth-order valence-corrected chi connectivity index (χ4v) is 4.78. The van der Waals surface area contributed by atoms with E-state index in [-0.39, 0.29) is 30.5 Å². The number of hydrogen-bond acceptors (Lipinski definition) is 7. The fraction of sp³-hybridized carbons (Fsp3) is 0.727. The third-order valence-electron chi connectivity index (χ3n) is 6.73. The molecule has 190 valence electrons. The Morgan fingerprint density at radius 3 is 2.56 bits per heavy atom. The van der Waals surface area contributed by atoms with Crippen molar-refractivity contribution in [3.8, 4) is 0 Å². The molecule has 9 nitrogen and oxygen atoms in total. The number of hydrogen-bond donors (Lipinski definition) is 2. The van der Waals surface area contributed by atoms with Crippen LogP contribution in [0.2, 0.25) is 0 Å². The molecule has 12 heteroatoms. The number of nitrogens with zero attached hydrogens (tertiary/aromatic N) is 5. The molecular formula is C22H33F3N6O3. The van der Waals surface area contributed by atoms with E-state index < -0.39 is 36.4 Å². The van der Waals surface area contributed by atoms with Crippen LogP contribution < -0.4 is 10.2 Å². The Balaban J connectivity index is 1.75. The smallest absolute Gasteiger partial charge is 0.297 e. The maximum Gasteiger partial charge on any atom is 0.297 e. The number of aromatic nitrogens is 2. The molecule has 2 atom stereocenters. The summed E-state index contributed by atoms with van der Waals surface area (Å²) in [7, 11) is 3.80. The monoisotopic (exact) mass is 486 g/mol. The van der Waals surface area contributed by atoms with E-state index in [1.807, 2.05) is 19.0 Å². The maximum absolute atomic E-state index is 15.3. The lowest BCUT2D eigenvalue weighted by molar-refractivity contribution is -0.155. The Labute approximate surface area is 197 Å². The van der Waals surface area contributed by atoms with Crippen LogP contribution in [0.3, 0.4) is 0 Å². The molecule has 2 N–H and O–H groups in total. The topological polar surface area (TPSA) is 102 Å². The Morgan fingerprint density at radius 1 is 1.26 bits per heavy atom. The zero-order valence-corrected chi connectivity index (χ0v) is 19.6. The van der Waals surface area contributed by atoms with E-state index in [1.165, 1.54) is 0 Å². The van der Waals surface area contributed by atoms with Gasteiger partial charge in [0.15, 0.2) is 17.5 Å². The molecule has 0 aromatic carbocycles. The summed E-state index contributed by atoms with van der Waals surface area (Å²) in [5.41, 5.74) is -0.321. The Kier molecular flexibility index (Phi) is 9.06. The second-order valence-corrected chi connectivity index (χ2v) is 9.35. The van der Waals surface area contributed by atoms with Gasteiger partial charge in [-0.15, -0.1) is 0 Å². The molecule has 1 saturated heterocycles. The molecule has 0 bridgehead atoms. The normalized spacial score (nSPS) is 19.8. The van der Waals surface area contributed by atoms with E-state index >= 15 is 4.39 Å². The predicted molar refractivity (Wildman–Crippen MR) is 118 cm³/mol. The van der Waals surface area contributed by atoms with Crippen LogP contribution in [-0.2, 0) is 16.1 Å². The predicted octanol–water partition coefficient (Wildman–Crippen LogP) is 2.35. The van der Waals surface area contributed by atoms with Gasteiger partial charge in [-0.05, 0) is 32.9 Å². The number of nitrogens with one attached hydrogen (secondary N) is 1. The van der Waals surface area contributed by atoms with Gasteiger partial charge in [0.2, 0.25) is 12.3 Å². The number of carbonyl (C=O) groups excluding carboxylic acids is 2. The second-order valence-electron chi connectivity index (χ2n) is 9.35. The average Bonchev–Trinajstić information content (AvgIpc) is 3.49. The van der Waals surface area contributed by atoms with Crippen molar-refractivity contribution in [3.63, 3.8) is 0 Å². The number of likely N-dealkylation sites (N-methyl/N-ethyl adjacent to an activating group) is 1. The zero-order chi connectivity index (χ0) is 24.8. The van der Waals surface area contributed by atoms with Gasteiger partial charge in [-0.25, -0.2) is 28.2 Å². The van der Waals surface area contributed by atoms with Crippen molar-refractivity contribution in [2.75, 3.05) is 38.6 Å². The molecule has 34 heavy (non-hydrogen) atoms. The van der Waals surface area contributed by atoms with Gasteiger partial charge in [0.25, 0.3) is 6.43 Å². The van der Waals surface area contributed by atoms with Crippen molar-refractivity contribution in [2.24, 2.45) is 11.8 Å². The minimum Gasteiger partial charge on any atom is -0.352 e. The lowest BCUT2D eigenvalue weighted by atomic mass is 9.92. The van der Waals surface area contributed by atoms with Crippen LogP contribution in [0.5, 0.6) is 0 Å². The van der Waals surface area contributed by atoms with Crippen molar-refractivity contribution < 1.29 is 28.0 Å². The highest BCUT2D eigenvalue weighted by molar-refractivity contribution is 5.79. The third kappa shape index (κ3) is 6.56. The summed E-state index contributed by atoms with van der Waals surface area (Å²) >= 11 is 0. The number of carbonyl (C=O) groups is 2. The van der Waals surface area contributed by atoms with Crippen LogP contribution in [-0.4, -0.2) is 77.2 Å². The molecule has 3 rings (SSSR count). The summed E-state index contributed by atoms with van der Waals surface area (Å²) in [6.07, 6.45) is 2.48. The largest absolute Gasteiger partial charge is 0.352 e. The second kappa shape index (κ2) is 11.8. The number of alkyl halides is 2. The first-order valence-electron chi connectivity index (χ1n) is 11.6. The Bertz CT molecular complexity index is 853. The highest BCUT2D eigenvalue weighted by Gasteiger charge is 2.31. The Hall–Kier alpha value is -2.47. The first kappa shape index (κ1) is 26.1. The van der Waals surface area contributed by atoms with Crippen molar-refractivity contribution >= 4 is 18.1 Å². The van der Waals surface area contributed by atoms with Gasteiger partial charge in [0.05, 0.1) is 19.0 Å². The molecule has 0 unspecified atom stereocenters. The van der Waals surface area contributed by atoms with Gasteiger partial charge in [0.1, 0.15) is 5.69 Å². The van der Waals surface area contributed by atoms with Crippen LogP contribution >= 0.6 is 0 Å². The van der Waals surface area contributed by atoms with Gasteiger partial charge < -0.3 is 15.1 Å². The van der Waals surface area contributed by atoms with Gasteiger partial charge in [0, 0.05) is 19.1 Å². The average molecular weight is 487 g/mol. The van der Waals surface area contributed by atoms with Crippen LogP contribution in [0.1, 0.15) is 56.5 Å². The summed E-state index contributed by atoms with van der Waals surface area (Å²) in [4.78, 5) is 34.7. The first-order chi connectivity index (χ1) is 16.2. The summed E-state index contributed by atoms with van der Waals surface area (Å²) in [6, 6.07) is 0.142. The molecule has 2 aliphatic rings. The van der Waals surface area contributed by atoms with Crippen LogP contribution in [0, 0.1) is 17.7 Å². The zero-order valence-electron chi connectivity index (χ0n) is 19.6. The number of hydroxylamine groups is 2. The van der Waals surface area contributed by atoms with E-state index in [9.17, 15) is 23.6 Å². The molecule has 2 amide bonds. The number of amides is 2. The van der Waals surface area contributed by atoms with E-state index in [0.717, 1.165) is 32.1 Å². The van der Waals surface area contributed by atoms with Crippen molar-refractivity contribution in [3.05, 3.63) is 17.3 Å². The number of rotatable bonds is 11. The van der Waals surface area contributed by atoms with Gasteiger partial charge in [-0.3, -0.25) is 14.8 Å². The molecule has 0 spiro atoms. The number of anilines is 1. The molecule has 1 aliphatic heterocycles. The molecule has 1 aromatic heterocycles. The van der Waals surface area contributed by atoms with E-state index in [1.54, 1.807) is 4.90 Å². The van der Waals surface area contributed by atoms with E-state index in [2.05, 4.69) is 15.3 Å². The van der Waals surface area contributed by atoms with Crippen LogP contribution in [0.4, 0.5) is 19.0 Å². The van der Waals surface area contributed by atoms with Crippen LogP contribution in [0.15, 0.2) is 0 Å². The fourth-order valence-electron chi connectivity index (χ4n) is 4.78. The minimum atomic E-state index is -2.99. The molecular weight excluding hydrogens is 453 g/mol. The highest BCUT2D eigenvalue weighted by Crippen LogP contribution is 2.31. The highest BCUT2D eigenvalue weighted by atomic mass is 19.3. The summed E-state index contributed by atoms with van der Waals surface area (Å²) in [5, 5.41) is 12.6. The van der Waals surface area contributed by atoms with Crippen LogP contribution in [0.25, 0.3) is 0 Å². The molecule has 2 fully saturated rings. The SMILES string of the molecule is CN(C)[C@@H]1CCN(c2nc(C(F)F)nc(CNC(=O)[C@H](CC3CCCC3)CN(O)C=O)c2F)C1. The molecule has 1 aromatic rings. The lowest BCUT2D eigenvalue weighted by Crippen LogP contribution is -2.38. The van der Waals surface area contributed by atoms with Crippen molar-refractivity contribution in [1.29, 1.82) is 0 Å². The standard InChI is InChI=1S/C22H33F3N6O3/c1-29(2)16-7-8-30(12-16)21-18(23)17(27-20(28-21)19(24)25)10-26-22(33)15(11-31(34)13-32)9-14-5-3-4-6-14/h13-16,19,34H,3-12H2,1-2H3,(H,26,33)/t15-,16-/m1/s1. The molecule has 1 saturated carbocycles.